The first-order valence-corrected chi connectivity index (χ1v) is 7.41. The van der Waals surface area contributed by atoms with E-state index in [4.69, 9.17) is 9.47 Å². The van der Waals surface area contributed by atoms with Gasteiger partial charge in [-0.15, -0.1) is 0 Å². The van der Waals surface area contributed by atoms with E-state index in [9.17, 15) is 14.7 Å². The largest absolute Gasteiger partial charge is 0.497 e. The SMILES string of the molecule is COc1ccc(OCC(=O)NC[C@H](C(=O)O)c2ccccc2)cc1. The third-order valence-electron chi connectivity index (χ3n) is 3.43. The van der Waals surface area contributed by atoms with Gasteiger partial charge in [0.05, 0.1) is 13.0 Å². The van der Waals surface area contributed by atoms with Gasteiger partial charge in [0.1, 0.15) is 11.5 Å². The van der Waals surface area contributed by atoms with Crippen LogP contribution in [0.25, 0.3) is 0 Å². The molecule has 0 aromatic heterocycles. The van der Waals surface area contributed by atoms with Gasteiger partial charge in [-0.2, -0.15) is 0 Å². The summed E-state index contributed by atoms with van der Waals surface area (Å²) < 4.78 is 10.4. The number of benzene rings is 2. The third-order valence-corrected chi connectivity index (χ3v) is 3.43. The first kappa shape index (κ1) is 17.3. The number of methoxy groups -OCH3 is 1. The number of hydrogen-bond donors (Lipinski definition) is 2. The van der Waals surface area contributed by atoms with Crippen LogP contribution < -0.4 is 14.8 Å². The van der Waals surface area contributed by atoms with Gasteiger partial charge in [0.2, 0.25) is 0 Å². The molecule has 6 nitrogen and oxygen atoms in total. The minimum absolute atomic E-state index is 0.00412. The second-order valence-electron chi connectivity index (χ2n) is 5.07. The molecule has 0 saturated carbocycles. The van der Waals surface area contributed by atoms with Gasteiger partial charge >= 0.3 is 5.97 Å². The minimum atomic E-state index is -0.988. The Balaban J connectivity index is 1.83. The van der Waals surface area contributed by atoms with Crippen molar-refractivity contribution in [2.75, 3.05) is 20.3 Å². The Morgan fingerprint density at radius 2 is 1.67 bits per heavy atom. The third kappa shape index (κ3) is 5.01. The molecule has 0 spiro atoms. The Kier molecular flexibility index (Phi) is 6.19. The number of rotatable bonds is 8. The van der Waals surface area contributed by atoms with E-state index in [-0.39, 0.29) is 19.1 Å². The molecule has 2 N–H and O–H groups in total. The fourth-order valence-electron chi connectivity index (χ4n) is 2.12. The summed E-state index contributed by atoms with van der Waals surface area (Å²) >= 11 is 0. The van der Waals surface area contributed by atoms with Gasteiger partial charge in [-0.3, -0.25) is 9.59 Å². The van der Waals surface area contributed by atoms with Gasteiger partial charge in [-0.25, -0.2) is 0 Å². The van der Waals surface area contributed by atoms with Crippen LogP contribution in [0.2, 0.25) is 0 Å². The number of ether oxygens (including phenoxy) is 2. The van der Waals surface area contributed by atoms with Crippen molar-refractivity contribution in [1.29, 1.82) is 0 Å². The van der Waals surface area contributed by atoms with E-state index in [1.54, 1.807) is 55.6 Å². The van der Waals surface area contributed by atoms with E-state index in [1.807, 2.05) is 6.07 Å². The molecule has 0 saturated heterocycles. The van der Waals surface area contributed by atoms with Gasteiger partial charge in [-0.1, -0.05) is 30.3 Å². The average Bonchev–Trinajstić information content (AvgIpc) is 2.61. The molecule has 2 rings (SSSR count). The van der Waals surface area contributed by atoms with Crippen LogP contribution in [0.5, 0.6) is 11.5 Å². The topological polar surface area (TPSA) is 84.9 Å². The molecule has 0 aliphatic carbocycles. The van der Waals surface area contributed by atoms with Gasteiger partial charge in [-0.05, 0) is 29.8 Å². The van der Waals surface area contributed by atoms with E-state index in [0.717, 1.165) is 0 Å². The maximum atomic E-state index is 11.8. The number of carbonyl (C=O) groups excluding carboxylic acids is 1. The van der Waals surface area contributed by atoms with Crippen LogP contribution in [-0.4, -0.2) is 37.2 Å². The van der Waals surface area contributed by atoms with Gasteiger partial charge in [0.25, 0.3) is 5.91 Å². The highest BCUT2D eigenvalue weighted by atomic mass is 16.5. The number of hydrogen-bond acceptors (Lipinski definition) is 4. The monoisotopic (exact) mass is 329 g/mol. The van der Waals surface area contributed by atoms with Crippen LogP contribution in [0.1, 0.15) is 11.5 Å². The first-order chi connectivity index (χ1) is 11.6. The van der Waals surface area contributed by atoms with Crippen molar-refractivity contribution in [3.05, 3.63) is 60.2 Å². The molecular weight excluding hydrogens is 310 g/mol. The Labute approximate surface area is 140 Å². The average molecular weight is 329 g/mol. The number of amides is 1. The summed E-state index contributed by atoms with van der Waals surface area (Å²) in [5.74, 6) is -0.940. The van der Waals surface area contributed by atoms with Crippen LogP contribution >= 0.6 is 0 Å². The number of carbonyl (C=O) groups is 2. The van der Waals surface area contributed by atoms with E-state index in [0.29, 0.717) is 17.1 Å². The van der Waals surface area contributed by atoms with Crippen LogP contribution in [0, 0.1) is 0 Å². The molecule has 24 heavy (non-hydrogen) atoms. The maximum Gasteiger partial charge on any atom is 0.312 e. The Morgan fingerprint density at radius 3 is 2.25 bits per heavy atom. The van der Waals surface area contributed by atoms with Crippen LogP contribution in [0.4, 0.5) is 0 Å². The molecule has 1 atom stereocenters. The standard InChI is InChI=1S/C18H19NO5/c1-23-14-7-9-15(10-8-14)24-12-17(20)19-11-16(18(21)22)13-5-3-2-4-6-13/h2-10,16H,11-12H2,1H3,(H,19,20)(H,21,22)/t16-/m0/s1. The predicted octanol–water partition coefficient (Wildman–Crippen LogP) is 2.06. The highest BCUT2D eigenvalue weighted by Crippen LogP contribution is 2.17. The highest BCUT2D eigenvalue weighted by molar-refractivity contribution is 5.80. The zero-order valence-corrected chi connectivity index (χ0v) is 13.3. The maximum absolute atomic E-state index is 11.8. The van der Waals surface area contributed by atoms with E-state index < -0.39 is 11.9 Å². The fourth-order valence-corrected chi connectivity index (χ4v) is 2.12. The molecule has 126 valence electrons. The number of nitrogens with one attached hydrogen (secondary N) is 1. The van der Waals surface area contributed by atoms with Crippen LogP contribution in [0.15, 0.2) is 54.6 Å². The first-order valence-electron chi connectivity index (χ1n) is 7.41. The van der Waals surface area contributed by atoms with Crippen molar-refractivity contribution in [3.63, 3.8) is 0 Å². The molecule has 0 aliphatic heterocycles. The van der Waals surface area contributed by atoms with E-state index in [1.165, 1.54) is 0 Å². The zero-order valence-electron chi connectivity index (χ0n) is 13.3. The predicted molar refractivity (Wildman–Crippen MR) is 88.3 cm³/mol. The van der Waals surface area contributed by atoms with Crippen molar-refractivity contribution in [2.45, 2.75) is 5.92 Å². The van der Waals surface area contributed by atoms with Crippen molar-refractivity contribution >= 4 is 11.9 Å². The lowest BCUT2D eigenvalue weighted by atomic mass is 9.99. The van der Waals surface area contributed by atoms with Gasteiger partial charge in [0, 0.05) is 6.54 Å². The minimum Gasteiger partial charge on any atom is -0.497 e. The Hall–Kier alpha value is -3.02. The van der Waals surface area contributed by atoms with Crippen LogP contribution in [0.3, 0.4) is 0 Å². The van der Waals surface area contributed by atoms with Crippen molar-refractivity contribution in [2.24, 2.45) is 0 Å². The van der Waals surface area contributed by atoms with E-state index in [2.05, 4.69) is 5.32 Å². The second kappa shape index (κ2) is 8.57. The molecule has 0 bridgehead atoms. The fraction of sp³-hybridized carbons (Fsp3) is 0.222. The second-order valence-corrected chi connectivity index (χ2v) is 5.07. The summed E-state index contributed by atoms with van der Waals surface area (Å²) in [6.07, 6.45) is 0. The molecular formula is C18H19NO5. The van der Waals surface area contributed by atoms with E-state index >= 15 is 0 Å². The smallest absolute Gasteiger partial charge is 0.312 e. The Morgan fingerprint density at radius 1 is 1.04 bits per heavy atom. The summed E-state index contributed by atoms with van der Waals surface area (Å²) in [6.45, 7) is -0.183. The van der Waals surface area contributed by atoms with Crippen molar-refractivity contribution < 1.29 is 24.2 Å². The molecule has 6 heteroatoms. The molecule has 1 amide bonds. The quantitative estimate of drug-likeness (QED) is 0.774. The van der Waals surface area contributed by atoms with Crippen LogP contribution in [-0.2, 0) is 9.59 Å². The van der Waals surface area contributed by atoms with Gasteiger partial charge < -0.3 is 19.9 Å². The molecule has 2 aromatic carbocycles. The molecule has 0 aliphatic rings. The number of aliphatic carboxylic acids is 1. The molecule has 0 radical (unpaired) electrons. The molecule has 0 unspecified atom stereocenters. The number of carboxylic acids is 1. The molecule has 0 fully saturated rings. The summed E-state index contributed by atoms with van der Waals surface area (Å²) in [5, 5.41) is 11.9. The normalized spacial score (nSPS) is 11.4. The van der Waals surface area contributed by atoms with Crippen molar-refractivity contribution in [1.82, 2.24) is 5.32 Å². The molecule has 2 aromatic rings. The Bertz CT molecular complexity index is 670. The highest BCUT2D eigenvalue weighted by Gasteiger charge is 2.20. The number of carboxylic acid groups (broad SMARTS) is 1. The lowest BCUT2D eigenvalue weighted by molar-refractivity contribution is -0.138. The lowest BCUT2D eigenvalue weighted by Crippen LogP contribution is -2.34. The lowest BCUT2D eigenvalue weighted by Gasteiger charge is -2.14. The van der Waals surface area contributed by atoms with Gasteiger partial charge in [0.15, 0.2) is 6.61 Å². The summed E-state index contributed by atoms with van der Waals surface area (Å²) in [4.78, 5) is 23.2. The summed E-state index contributed by atoms with van der Waals surface area (Å²) in [7, 11) is 1.56. The summed E-state index contributed by atoms with van der Waals surface area (Å²) in [5.41, 5.74) is 0.640. The molecule has 0 heterocycles. The summed E-state index contributed by atoms with van der Waals surface area (Å²) in [6, 6.07) is 15.6. The zero-order chi connectivity index (χ0) is 17.4. The van der Waals surface area contributed by atoms with Crippen molar-refractivity contribution in [3.8, 4) is 11.5 Å².